The van der Waals surface area contributed by atoms with E-state index in [2.05, 4.69) is 23.5 Å². The number of nitrogens with zero attached hydrogens (tertiary/aromatic N) is 3. The lowest BCUT2D eigenvalue weighted by Gasteiger charge is -2.33. The van der Waals surface area contributed by atoms with Crippen molar-refractivity contribution in [2.24, 2.45) is 0 Å². The molecule has 4 nitrogen and oxygen atoms in total. The smallest absolute Gasteiger partial charge is 0.254 e. The first-order chi connectivity index (χ1) is 11.2. The quantitative estimate of drug-likeness (QED) is 0.721. The zero-order valence-corrected chi connectivity index (χ0v) is 13.7. The van der Waals surface area contributed by atoms with Crippen LogP contribution in [0, 0.1) is 0 Å². The number of aromatic nitrogens is 2. The molecule has 23 heavy (non-hydrogen) atoms. The van der Waals surface area contributed by atoms with Crippen molar-refractivity contribution in [1.29, 1.82) is 0 Å². The van der Waals surface area contributed by atoms with Gasteiger partial charge in [0.2, 0.25) is 0 Å². The fourth-order valence-corrected chi connectivity index (χ4v) is 4.09. The standard InChI is InChI=1S/C18H17N3OS/c1-13-16-8-12-23-17(16)7-11-20(13)18(22)14-3-5-15(6-4-14)21-10-2-9-19-21/h2-6,8-10,12-13H,7,11H2,1H3/t13-/m1/s1. The van der Waals surface area contributed by atoms with Crippen LogP contribution >= 0.6 is 11.3 Å². The lowest BCUT2D eigenvalue weighted by molar-refractivity contribution is 0.0679. The average molecular weight is 323 g/mol. The van der Waals surface area contributed by atoms with Gasteiger partial charge < -0.3 is 4.90 Å². The van der Waals surface area contributed by atoms with E-state index in [1.807, 2.05) is 41.4 Å². The molecule has 0 spiro atoms. The Balaban J connectivity index is 1.58. The lowest BCUT2D eigenvalue weighted by atomic mass is 10.0. The molecule has 116 valence electrons. The zero-order chi connectivity index (χ0) is 15.8. The van der Waals surface area contributed by atoms with Crippen molar-refractivity contribution in [3.05, 3.63) is 70.2 Å². The third-order valence-corrected chi connectivity index (χ3v) is 5.42. The number of amides is 1. The molecule has 1 aliphatic rings. The van der Waals surface area contributed by atoms with Gasteiger partial charge in [0.15, 0.2) is 0 Å². The van der Waals surface area contributed by atoms with E-state index in [0.717, 1.165) is 24.2 Å². The van der Waals surface area contributed by atoms with Crippen molar-refractivity contribution in [3.8, 4) is 5.69 Å². The Morgan fingerprint density at radius 1 is 1.26 bits per heavy atom. The summed E-state index contributed by atoms with van der Waals surface area (Å²) in [5.41, 5.74) is 2.98. The molecule has 3 heterocycles. The topological polar surface area (TPSA) is 38.1 Å². The molecule has 5 heteroatoms. The van der Waals surface area contributed by atoms with Gasteiger partial charge in [-0.2, -0.15) is 5.10 Å². The third kappa shape index (κ3) is 2.47. The summed E-state index contributed by atoms with van der Waals surface area (Å²) in [4.78, 5) is 16.2. The summed E-state index contributed by atoms with van der Waals surface area (Å²) in [5, 5.41) is 6.32. The monoisotopic (exact) mass is 323 g/mol. The number of carbonyl (C=O) groups excluding carboxylic acids is 1. The number of benzene rings is 1. The number of carbonyl (C=O) groups is 1. The molecule has 0 fully saturated rings. The predicted molar refractivity (Wildman–Crippen MR) is 91.0 cm³/mol. The molecule has 4 rings (SSSR count). The van der Waals surface area contributed by atoms with Crippen molar-refractivity contribution in [2.45, 2.75) is 19.4 Å². The summed E-state index contributed by atoms with van der Waals surface area (Å²) in [6.07, 6.45) is 4.59. The molecule has 0 bridgehead atoms. The molecule has 0 N–H and O–H groups in total. The highest BCUT2D eigenvalue weighted by Crippen LogP contribution is 2.33. The maximum atomic E-state index is 12.8. The number of fused-ring (bicyclic) bond motifs is 1. The minimum Gasteiger partial charge on any atom is -0.331 e. The van der Waals surface area contributed by atoms with Crippen LogP contribution in [0.15, 0.2) is 54.2 Å². The molecule has 0 unspecified atom stereocenters. The number of hydrogen-bond acceptors (Lipinski definition) is 3. The summed E-state index contributed by atoms with van der Waals surface area (Å²) in [7, 11) is 0. The van der Waals surface area contributed by atoms with Gasteiger partial charge in [0, 0.05) is 29.4 Å². The largest absolute Gasteiger partial charge is 0.331 e. The van der Waals surface area contributed by atoms with Crippen LogP contribution < -0.4 is 0 Å². The molecular formula is C18H17N3OS. The second-order valence-corrected chi connectivity index (χ2v) is 6.72. The van der Waals surface area contributed by atoms with Gasteiger partial charge in [0.25, 0.3) is 5.91 Å². The van der Waals surface area contributed by atoms with E-state index in [1.165, 1.54) is 10.4 Å². The molecule has 3 aromatic rings. The van der Waals surface area contributed by atoms with Crippen LogP contribution in [-0.4, -0.2) is 27.1 Å². The number of hydrogen-bond donors (Lipinski definition) is 0. The summed E-state index contributed by atoms with van der Waals surface area (Å²) >= 11 is 1.79. The van der Waals surface area contributed by atoms with E-state index in [0.29, 0.717) is 0 Å². The Morgan fingerprint density at radius 3 is 2.83 bits per heavy atom. The number of thiophene rings is 1. The number of rotatable bonds is 2. The molecule has 1 atom stereocenters. The molecule has 1 amide bonds. The van der Waals surface area contributed by atoms with Crippen molar-refractivity contribution >= 4 is 17.2 Å². The molecule has 1 aliphatic heterocycles. The first kappa shape index (κ1) is 14.2. The van der Waals surface area contributed by atoms with E-state index in [-0.39, 0.29) is 11.9 Å². The molecule has 0 saturated heterocycles. The van der Waals surface area contributed by atoms with Crippen molar-refractivity contribution < 1.29 is 4.79 Å². The van der Waals surface area contributed by atoms with Gasteiger partial charge in [-0.25, -0.2) is 4.68 Å². The minimum atomic E-state index is 0.0985. The van der Waals surface area contributed by atoms with E-state index in [9.17, 15) is 4.79 Å². The predicted octanol–water partition coefficient (Wildman–Crippen LogP) is 3.69. The van der Waals surface area contributed by atoms with Crippen molar-refractivity contribution in [2.75, 3.05) is 6.54 Å². The molecule has 0 aliphatic carbocycles. The zero-order valence-electron chi connectivity index (χ0n) is 12.8. The minimum absolute atomic E-state index is 0.0985. The fraction of sp³-hybridized carbons (Fsp3) is 0.222. The summed E-state index contributed by atoms with van der Waals surface area (Å²) in [6.45, 7) is 2.90. The first-order valence-electron chi connectivity index (χ1n) is 7.71. The molecule has 1 aromatic carbocycles. The molecule has 0 saturated carbocycles. The SMILES string of the molecule is C[C@@H]1c2ccsc2CCN1C(=O)c1ccc(-n2cccn2)cc1. The summed E-state index contributed by atoms with van der Waals surface area (Å²) in [5.74, 6) is 0.0985. The van der Waals surface area contributed by atoms with E-state index in [4.69, 9.17) is 0 Å². The Bertz CT molecular complexity index is 820. The lowest BCUT2D eigenvalue weighted by Crippen LogP contribution is -2.38. The summed E-state index contributed by atoms with van der Waals surface area (Å²) in [6, 6.07) is 11.8. The van der Waals surface area contributed by atoms with Crippen LogP contribution in [0.5, 0.6) is 0 Å². The van der Waals surface area contributed by atoms with Crippen LogP contribution in [-0.2, 0) is 6.42 Å². The third-order valence-electron chi connectivity index (χ3n) is 4.42. The van der Waals surface area contributed by atoms with Gasteiger partial charge in [-0.15, -0.1) is 11.3 Å². The summed E-state index contributed by atoms with van der Waals surface area (Å²) < 4.78 is 1.79. The second-order valence-electron chi connectivity index (χ2n) is 5.72. The highest BCUT2D eigenvalue weighted by Gasteiger charge is 2.28. The van der Waals surface area contributed by atoms with Crippen LogP contribution in [0.2, 0.25) is 0 Å². The van der Waals surface area contributed by atoms with Crippen molar-refractivity contribution in [3.63, 3.8) is 0 Å². The highest BCUT2D eigenvalue weighted by atomic mass is 32.1. The Labute approximate surface area is 139 Å². The van der Waals surface area contributed by atoms with Gasteiger partial charge in [-0.3, -0.25) is 4.79 Å². The first-order valence-corrected chi connectivity index (χ1v) is 8.59. The fourth-order valence-electron chi connectivity index (χ4n) is 3.13. The Hall–Kier alpha value is -2.40. The maximum absolute atomic E-state index is 12.8. The van der Waals surface area contributed by atoms with Gasteiger partial charge in [-0.05, 0) is 60.7 Å². The Morgan fingerprint density at radius 2 is 2.09 bits per heavy atom. The van der Waals surface area contributed by atoms with Gasteiger partial charge in [0.1, 0.15) is 0 Å². The van der Waals surface area contributed by atoms with E-state index < -0.39 is 0 Å². The van der Waals surface area contributed by atoms with Crippen LogP contribution in [0.25, 0.3) is 5.69 Å². The van der Waals surface area contributed by atoms with Gasteiger partial charge in [0.05, 0.1) is 11.7 Å². The van der Waals surface area contributed by atoms with Crippen molar-refractivity contribution in [1.82, 2.24) is 14.7 Å². The molecule has 0 radical (unpaired) electrons. The normalized spacial score (nSPS) is 17.1. The van der Waals surface area contributed by atoms with Gasteiger partial charge in [-0.1, -0.05) is 0 Å². The highest BCUT2D eigenvalue weighted by molar-refractivity contribution is 7.10. The maximum Gasteiger partial charge on any atom is 0.254 e. The van der Waals surface area contributed by atoms with Gasteiger partial charge >= 0.3 is 0 Å². The van der Waals surface area contributed by atoms with E-state index in [1.54, 1.807) is 22.2 Å². The average Bonchev–Trinajstić information content (AvgIpc) is 3.27. The molecular weight excluding hydrogens is 306 g/mol. The molecule has 2 aromatic heterocycles. The Kier molecular flexibility index (Phi) is 3.50. The second kappa shape index (κ2) is 5.66. The van der Waals surface area contributed by atoms with Crippen LogP contribution in [0.4, 0.5) is 0 Å². The van der Waals surface area contributed by atoms with Crippen LogP contribution in [0.3, 0.4) is 0 Å². The van der Waals surface area contributed by atoms with E-state index >= 15 is 0 Å². The van der Waals surface area contributed by atoms with Crippen LogP contribution in [0.1, 0.15) is 33.8 Å².